The predicted octanol–water partition coefficient (Wildman–Crippen LogP) is 1.42. The van der Waals surface area contributed by atoms with Gasteiger partial charge in [-0.1, -0.05) is 6.07 Å². The summed E-state index contributed by atoms with van der Waals surface area (Å²) in [6.07, 6.45) is 0. The highest BCUT2D eigenvalue weighted by Crippen LogP contribution is 2.36. The standard InChI is InChI=1S/C13H16BNO4/c1-12(2)13(3,4)19-14(18-12)8-5-6-9-10(7-8)17-11(16)15-9/h5-7H,1-4H3,(H,15,16). The lowest BCUT2D eigenvalue weighted by Crippen LogP contribution is -2.41. The van der Waals surface area contributed by atoms with Crippen LogP contribution in [0.4, 0.5) is 0 Å². The topological polar surface area (TPSA) is 64.5 Å². The van der Waals surface area contributed by atoms with Crippen LogP contribution in [0, 0.1) is 0 Å². The van der Waals surface area contributed by atoms with Gasteiger partial charge in [0.15, 0.2) is 5.58 Å². The normalized spacial score (nSPS) is 21.2. The fourth-order valence-electron chi connectivity index (χ4n) is 2.09. The molecule has 1 N–H and O–H groups in total. The van der Waals surface area contributed by atoms with Crippen LogP contribution in [0.3, 0.4) is 0 Å². The number of fused-ring (bicyclic) bond motifs is 1. The number of aromatic nitrogens is 1. The van der Waals surface area contributed by atoms with E-state index < -0.39 is 12.9 Å². The molecule has 0 atom stereocenters. The lowest BCUT2D eigenvalue weighted by Gasteiger charge is -2.32. The van der Waals surface area contributed by atoms with Gasteiger partial charge in [0, 0.05) is 0 Å². The maximum absolute atomic E-state index is 11.1. The van der Waals surface area contributed by atoms with Gasteiger partial charge in [0.05, 0.1) is 16.7 Å². The molecule has 0 radical (unpaired) electrons. The van der Waals surface area contributed by atoms with Crippen molar-refractivity contribution < 1.29 is 13.7 Å². The number of oxazole rings is 1. The second kappa shape index (κ2) is 3.74. The number of rotatable bonds is 1. The molecule has 0 spiro atoms. The van der Waals surface area contributed by atoms with Crippen molar-refractivity contribution in [2.45, 2.75) is 38.9 Å². The Morgan fingerprint density at radius 1 is 1.11 bits per heavy atom. The van der Waals surface area contributed by atoms with Gasteiger partial charge in [0.25, 0.3) is 0 Å². The molecule has 1 aromatic heterocycles. The minimum atomic E-state index is -0.457. The Bertz CT molecular complexity index is 669. The third-order valence-corrected chi connectivity index (χ3v) is 3.97. The minimum Gasteiger partial charge on any atom is -0.408 e. The van der Waals surface area contributed by atoms with Gasteiger partial charge in [0.1, 0.15) is 0 Å². The molecule has 6 heteroatoms. The fraction of sp³-hybridized carbons (Fsp3) is 0.462. The number of hydrogen-bond acceptors (Lipinski definition) is 4. The van der Waals surface area contributed by atoms with Crippen LogP contribution in [0.15, 0.2) is 27.4 Å². The number of hydrogen-bond donors (Lipinski definition) is 1. The maximum Gasteiger partial charge on any atom is 0.494 e. The summed E-state index contributed by atoms with van der Waals surface area (Å²) in [6.45, 7) is 8.01. The first kappa shape index (κ1) is 12.5. The Hall–Kier alpha value is -1.53. The van der Waals surface area contributed by atoms with Crippen LogP contribution >= 0.6 is 0 Å². The van der Waals surface area contributed by atoms with E-state index in [4.69, 9.17) is 13.7 Å². The molecule has 1 aromatic carbocycles. The van der Waals surface area contributed by atoms with E-state index in [1.165, 1.54) is 0 Å². The van der Waals surface area contributed by atoms with Crippen LogP contribution in [0.1, 0.15) is 27.7 Å². The van der Waals surface area contributed by atoms with Crippen LogP contribution in [0.2, 0.25) is 0 Å². The molecule has 0 saturated carbocycles. The van der Waals surface area contributed by atoms with E-state index >= 15 is 0 Å². The van der Waals surface area contributed by atoms with Crippen molar-refractivity contribution in [2.24, 2.45) is 0 Å². The molecule has 19 heavy (non-hydrogen) atoms. The van der Waals surface area contributed by atoms with Crippen molar-refractivity contribution in [3.8, 4) is 0 Å². The highest BCUT2D eigenvalue weighted by atomic mass is 16.7. The lowest BCUT2D eigenvalue weighted by molar-refractivity contribution is 0.00578. The molecule has 2 heterocycles. The van der Waals surface area contributed by atoms with E-state index in [2.05, 4.69) is 4.98 Å². The van der Waals surface area contributed by atoms with Crippen molar-refractivity contribution in [2.75, 3.05) is 0 Å². The third kappa shape index (κ3) is 1.91. The first-order chi connectivity index (χ1) is 8.78. The van der Waals surface area contributed by atoms with Crippen LogP contribution in [0.25, 0.3) is 11.1 Å². The van der Waals surface area contributed by atoms with Crippen LogP contribution in [-0.2, 0) is 9.31 Å². The molecular weight excluding hydrogens is 245 g/mol. The van der Waals surface area contributed by atoms with Gasteiger partial charge in [-0.05, 0) is 45.3 Å². The van der Waals surface area contributed by atoms with Gasteiger partial charge in [0.2, 0.25) is 0 Å². The fourth-order valence-corrected chi connectivity index (χ4v) is 2.09. The Kier molecular flexibility index (Phi) is 2.46. The maximum atomic E-state index is 11.1. The Labute approximate surface area is 111 Å². The largest absolute Gasteiger partial charge is 0.494 e. The molecular formula is C13H16BNO4. The summed E-state index contributed by atoms with van der Waals surface area (Å²) < 4.78 is 17.0. The summed E-state index contributed by atoms with van der Waals surface area (Å²) in [5, 5.41) is 0. The third-order valence-electron chi connectivity index (χ3n) is 3.97. The quantitative estimate of drug-likeness (QED) is 0.788. The summed E-state index contributed by atoms with van der Waals surface area (Å²) in [5.74, 6) is -0.457. The average molecular weight is 261 g/mol. The zero-order valence-electron chi connectivity index (χ0n) is 11.4. The zero-order chi connectivity index (χ0) is 13.8. The number of H-pyrrole nitrogens is 1. The van der Waals surface area contributed by atoms with Crippen LogP contribution in [-0.4, -0.2) is 23.3 Å². The SMILES string of the molecule is CC1(C)OB(c2ccc3[nH]c(=O)oc3c2)OC1(C)C. The molecule has 3 rings (SSSR count). The number of aromatic amines is 1. The highest BCUT2D eigenvalue weighted by Gasteiger charge is 2.51. The first-order valence-corrected chi connectivity index (χ1v) is 6.27. The first-order valence-electron chi connectivity index (χ1n) is 6.27. The second-order valence-electron chi connectivity index (χ2n) is 5.86. The number of benzene rings is 1. The summed E-state index contributed by atoms with van der Waals surface area (Å²) in [6, 6.07) is 5.44. The van der Waals surface area contributed by atoms with E-state index in [9.17, 15) is 4.79 Å². The average Bonchev–Trinajstić information content (AvgIpc) is 2.74. The van der Waals surface area contributed by atoms with E-state index in [0.29, 0.717) is 11.1 Å². The van der Waals surface area contributed by atoms with E-state index in [1.807, 2.05) is 33.8 Å². The monoisotopic (exact) mass is 261 g/mol. The van der Waals surface area contributed by atoms with Gasteiger partial charge < -0.3 is 13.7 Å². The van der Waals surface area contributed by atoms with Crippen LogP contribution < -0.4 is 11.2 Å². The number of nitrogens with one attached hydrogen (secondary N) is 1. The lowest BCUT2D eigenvalue weighted by atomic mass is 9.79. The van der Waals surface area contributed by atoms with Gasteiger partial charge in [-0.2, -0.15) is 0 Å². The Morgan fingerprint density at radius 2 is 1.74 bits per heavy atom. The molecule has 5 nitrogen and oxygen atoms in total. The smallest absolute Gasteiger partial charge is 0.408 e. The van der Waals surface area contributed by atoms with Gasteiger partial charge in [-0.3, -0.25) is 4.98 Å². The zero-order valence-corrected chi connectivity index (χ0v) is 11.4. The van der Waals surface area contributed by atoms with Crippen molar-refractivity contribution in [1.82, 2.24) is 4.98 Å². The Balaban J connectivity index is 2.00. The van der Waals surface area contributed by atoms with Gasteiger partial charge in [-0.25, -0.2) is 4.79 Å². The van der Waals surface area contributed by atoms with Crippen molar-refractivity contribution in [1.29, 1.82) is 0 Å². The molecule has 100 valence electrons. The summed E-state index contributed by atoms with van der Waals surface area (Å²) in [5.41, 5.74) is 1.26. The van der Waals surface area contributed by atoms with Gasteiger partial charge >= 0.3 is 12.9 Å². The predicted molar refractivity (Wildman–Crippen MR) is 72.6 cm³/mol. The van der Waals surface area contributed by atoms with Gasteiger partial charge in [-0.15, -0.1) is 0 Å². The summed E-state index contributed by atoms with van der Waals surface area (Å²) >= 11 is 0. The van der Waals surface area contributed by atoms with Crippen LogP contribution in [0.5, 0.6) is 0 Å². The molecule has 0 aliphatic carbocycles. The summed E-state index contributed by atoms with van der Waals surface area (Å²) in [4.78, 5) is 13.7. The Morgan fingerprint density at radius 3 is 2.37 bits per heavy atom. The molecule has 0 bridgehead atoms. The van der Waals surface area contributed by atoms with E-state index in [1.54, 1.807) is 12.1 Å². The van der Waals surface area contributed by atoms with E-state index in [0.717, 1.165) is 5.46 Å². The summed E-state index contributed by atoms with van der Waals surface area (Å²) in [7, 11) is -0.449. The highest BCUT2D eigenvalue weighted by molar-refractivity contribution is 6.62. The van der Waals surface area contributed by atoms with Crippen molar-refractivity contribution >= 4 is 23.7 Å². The molecule has 2 aromatic rings. The molecule has 1 fully saturated rings. The molecule has 1 aliphatic heterocycles. The molecule has 0 unspecified atom stereocenters. The molecule has 1 aliphatic rings. The van der Waals surface area contributed by atoms with E-state index in [-0.39, 0.29) is 11.2 Å². The molecule has 1 saturated heterocycles. The second-order valence-corrected chi connectivity index (χ2v) is 5.86. The van der Waals surface area contributed by atoms with Crippen molar-refractivity contribution in [3.05, 3.63) is 28.7 Å². The minimum absolute atomic E-state index is 0.383. The molecule has 0 amide bonds. The van der Waals surface area contributed by atoms with Crippen molar-refractivity contribution in [3.63, 3.8) is 0 Å².